The number of carbonyl (C=O) groups excluding carboxylic acids is 2. The Morgan fingerprint density at radius 2 is 1.75 bits per heavy atom. The van der Waals surface area contributed by atoms with E-state index in [1.54, 1.807) is 13.1 Å². The van der Waals surface area contributed by atoms with Gasteiger partial charge in [0.1, 0.15) is 0 Å². The Morgan fingerprint density at radius 1 is 1.04 bits per heavy atom. The summed E-state index contributed by atoms with van der Waals surface area (Å²) in [7, 11) is 0. The third-order valence-corrected chi connectivity index (χ3v) is 6.08. The first-order valence-electron chi connectivity index (χ1n) is 9.38. The van der Waals surface area contributed by atoms with Crippen LogP contribution in [0.2, 0.25) is 0 Å². The summed E-state index contributed by atoms with van der Waals surface area (Å²) in [4.78, 5) is 27.0. The minimum Gasteiger partial charge on any atom is -0.428 e. The molecule has 1 aromatic heterocycles. The monoisotopic (exact) mass is 376 g/mol. The number of carbonyl (C=O) groups is 2. The van der Waals surface area contributed by atoms with Crippen LogP contribution in [0.4, 0.5) is 4.79 Å². The van der Waals surface area contributed by atoms with Gasteiger partial charge in [0.25, 0.3) is 5.91 Å². The summed E-state index contributed by atoms with van der Waals surface area (Å²) in [5, 5.41) is 13.5. The predicted octanol–water partition coefficient (Wildman–Crippen LogP) is 3.69. The Morgan fingerprint density at radius 3 is 2.36 bits per heavy atom. The molecule has 3 aromatic rings. The molecular weight excluding hydrogens is 356 g/mol. The van der Waals surface area contributed by atoms with Crippen LogP contribution in [0.3, 0.4) is 0 Å². The van der Waals surface area contributed by atoms with E-state index in [2.05, 4.69) is 10.3 Å². The first-order chi connectivity index (χ1) is 13.4. The minimum absolute atomic E-state index is 0.470. The van der Waals surface area contributed by atoms with Crippen molar-refractivity contribution >= 4 is 22.9 Å². The normalized spacial score (nSPS) is 23.4. The maximum atomic E-state index is 12.3. The van der Waals surface area contributed by atoms with Crippen LogP contribution in [0.15, 0.2) is 48.7 Å². The average Bonchev–Trinajstić information content (AvgIpc) is 3.20. The van der Waals surface area contributed by atoms with Crippen LogP contribution in [0.25, 0.3) is 22.0 Å². The number of ether oxygens (including phenoxy) is 1. The number of aromatic nitrogens is 1. The Kier molecular flexibility index (Phi) is 3.46. The molecule has 0 bridgehead atoms. The molecule has 2 fully saturated rings. The molecular formula is C22H20N2O4. The van der Waals surface area contributed by atoms with Gasteiger partial charge in [-0.15, -0.1) is 0 Å². The number of cyclic esters (lactones) is 1. The molecule has 0 spiro atoms. The van der Waals surface area contributed by atoms with E-state index in [1.807, 2.05) is 42.5 Å². The van der Waals surface area contributed by atoms with Crippen molar-refractivity contribution in [2.24, 2.45) is 0 Å². The Hall–Kier alpha value is -3.12. The summed E-state index contributed by atoms with van der Waals surface area (Å²) in [5.74, 6) is -0.470. The number of amides is 2. The molecule has 2 aliphatic rings. The van der Waals surface area contributed by atoms with Crippen molar-refractivity contribution in [3.05, 3.63) is 59.8 Å². The summed E-state index contributed by atoms with van der Waals surface area (Å²) in [6, 6.07) is 13.9. The summed E-state index contributed by atoms with van der Waals surface area (Å²) >= 11 is 0. The number of imide groups is 1. The van der Waals surface area contributed by atoms with Crippen LogP contribution >= 0.6 is 0 Å². The zero-order valence-corrected chi connectivity index (χ0v) is 15.4. The Bertz CT molecular complexity index is 1110. The van der Waals surface area contributed by atoms with Crippen molar-refractivity contribution in [3.63, 3.8) is 0 Å². The number of hydrogen-bond acceptors (Lipinski definition) is 4. The molecule has 5 rings (SSSR count). The van der Waals surface area contributed by atoms with Gasteiger partial charge in [-0.2, -0.15) is 0 Å². The minimum atomic E-state index is -1.36. The van der Waals surface area contributed by atoms with Gasteiger partial charge in [-0.3, -0.25) is 10.1 Å². The average molecular weight is 376 g/mol. The molecule has 0 radical (unpaired) electrons. The third kappa shape index (κ3) is 2.38. The van der Waals surface area contributed by atoms with Crippen LogP contribution < -0.4 is 5.32 Å². The first-order valence-corrected chi connectivity index (χ1v) is 9.38. The fourth-order valence-electron chi connectivity index (χ4n) is 4.11. The third-order valence-electron chi connectivity index (χ3n) is 6.08. The van der Waals surface area contributed by atoms with Crippen LogP contribution in [0.1, 0.15) is 37.3 Å². The molecule has 1 aliphatic carbocycles. The lowest BCUT2D eigenvalue weighted by atomic mass is 9.75. The number of nitrogens with one attached hydrogen (secondary N) is 2. The van der Waals surface area contributed by atoms with E-state index < -0.39 is 23.2 Å². The number of hydrogen-bond donors (Lipinski definition) is 3. The van der Waals surface area contributed by atoms with E-state index >= 15 is 0 Å². The van der Waals surface area contributed by atoms with Crippen molar-refractivity contribution in [3.8, 4) is 11.1 Å². The summed E-state index contributed by atoms with van der Waals surface area (Å²) in [6.45, 7) is 1.59. The van der Waals surface area contributed by atoms with Crippen LogP contribution in [0.5, 0.6) is 0 Å². The van der Waals surface area contributed by atoms with Gasteiger partial charge in [-0.25, -0.2) is 4.79 Å². The maximum Gasteiger partial charge on any atom is 0.415 e. The van der Waals surface area contributed by atoms with Gasteiger partial charge < -0.3 is 14.8 Å². The Balaban J connectivity index is 1.55. The van der Waals surface area contributed by atoms with Crippen molar-refractivity contribution in [1.29, 1.82) is 0 Å². The first kappa shape index (κ1) is 17.0. The number of fused-ring (bicyclic) bond motifs is 1. The molecule has 6 nitrogen and oxygen atoms in total. The largest absolute Gasteiger partial charge is 0.428 e. The molecule has 1 saturated carbocycles. The quantitative estimate of drug-likeness (QED) is 0.650. The molecule has 2 amide bonds. The highest BCUT2D eigenvalue weighted by molar-refractivity contribution is 6.05. The molecule has 1 saturated heterocycles. The maximum absolute atomic E-state index is 12.3. The van der Waals surface area contributed by atoms with E-state index in [0.717, 1.165) is 46.9 Å². The lowest BCUT2D eigenvalue weighted by molar-refractivity contribution is -0.130. The van der Waals surface area contributed by atoms with Crippen LogP contribution in [-0.2, 0) is 20.7 Å². The topological polar surface area (TPSA) is 91.4 Å². The van der Waals surface area contributed by atoms with E-state index in [4.69, 9.17) is 4.74 Å². The zero-order chi connectivity index (χ0) is 19.5. The highest BCUT2D eigenvalue weighted by Crippen LogP contribution is 2.42. The van der Waals surface area contributed by atoms with E-state index in [1.165, 1.54) is 0 Å². The number of alkyl carbamates (subject to hydrolysis) is 1. The number of H-pyrrole nitrogens is 1. The number of aromatic amines is 1. The number of benzene rings is 2. The smallest absolute Gasteiger partial charge is 0.415 e. The summed E-state index contributed by atoms with van der Waals surface area (Å²) in [6.07, 6.45) is 3.65. The molecule has 0 unspecified atom stereocenters. The van der Waals surface area contributed by atoms with Crippen LogP contribution in [-0.4, -0.2) is 22.1 Å². The van der Waals surface area contributed by atoms with Gasteiger partial charge in [0.05, 0.1) is 5.60 Å². The Labute approximate surface area is 161 Å². The van der Waals surface area contributed by atoms with E-state index in [-0.39, 0.29) is 0 Å². The number of aliphatic hydroxyl groups is 1. The lowest BCUT2D eigenvalue weighted by Gasteiger charge is -2.37. The van der Waals surface area contributed by atoms with Gasteiger partial charge in [-0.1, -0.05) is 30.3 Å². The van der Waals surface area contributed by atoms with Gasteiger partial charge >= 0.3 is 6.09 Å². The van der Waals surface area contributed by atoms with Crippen molar-refractivity contribution in [2.75, 3.05) is 0 Å². The highest BCUT2D eigenvalue weighted by Gasteiger charge is 2.47. The predicted molar refractivity (Wildman–Crippen MR) is 103 cm³/mol. The summed E-state index contributed by atoms with van der Waals surface area (Å²) < 4.78 is 5.28. The van der Waals surface area contributed by atoms with Gasteiger partial charge in [-0.05, 0) is 55.0 Å². The van der Waals surface area contributed by atoms with Crippen molar-refractivity contribution < 1.29 is 19.4 Å². The molecule has 3 N–H and O–H groups in total. The molecule has 2 heterocycles. The number of rotatable bonds is 3. The molecule has 142 valence electrons. The fraction of sp³-hybridized carbons (Fsp3) is 0.273. The van der Waals surface area contributed by atoms with Gasteiger partial charge in [0, 0.05) is 22.7 Å². The molecule has 6 heteroatoms. The molecule has 28 heavy (non-hydrogen) atoms. The SMILES string of the molecule is C[C@@]1(c2c[nH]c3ccc(-c4ccc(C5(O)CCC5)cc4)cc23)OC(=O)NC1=O. The highest BCUT2D eigenvalue weighted by atomic mass is 16.6. The van der Waals surface area contributed by atoms with E-state index in [9.17, 15) is 14.7 Å². The van der Waals surface area contributed by atoms with Gasteiger partial charge in [0.2, 0.25) is 5.60 Å². The molecule has 1 atom stereocenters. The molecule has 1 aliphatic heterocycles. The van der Waals surface area contributed by atoms with Gasteiger partial charge in [0.15, 0.2) is 0 Å². The second-order valence-corrected chi connectivity index (χ2v) is 7.80. The van der Waals surface area contributed by atoms with E-state index in [0.29, 0.717) is 5.56 Å². The van der Waals surface area contributed by atoms with Crippen LogP contribution in [0, 0.1) is 0 Å². The fourth-order valence-corrected chi connectivity index (χ4v) is 4.11. The van der Waals surface area contributed by atoms with Crippen molar-refractivity contribution in [1.82, 2.24) is 10.3 Å². The lowest BCUT2D eigenvalue weighted by Crippen LogP contribution is -2.33. The zero-order valence-electron chi connectivity index (χ0n) is 15.4. The molecule has 2 aromatic carbocycles. The second kappa shape index (κ2) is 5.69. The summed E-state index contributed by atoms with van der Waals surface area (Å²) in [5.41, 5.74) is 2.39. The van der Waals surface area contributed by atoms with Crippen molar-refractivity contribution in [2.45, 2.75) is 37.4 Å². The standard InChI is InChI=1S/C22H20N2O4/c1-21(19(25)24-20(26)28-21)17-12-23-18-8-5-14(11-16(17)18)13-3-6-15(7-4-13)22(27)9-2-10-22/h3-8,11-12,23,27H,2,9-10H2,1H3,(H,24,25,26)/t21-/m0/s1. The second-order valence-electron chi connectivity index (χ2n) is 7.80.